The van der Waals surface area contributed by atoms with Crippen molar-refractivity contribution in [2.24, 2.45) is 29.6 Å². The first kappa shape index (κ1) is 35.2. The van der Waals surface area contributed by atoms with Crippen LogP contribution in [0, 0.1) is 29.6 Å². The van der Waals surface area contributed by atoms with Gasteiger partial charge in [-0.3, -0.25) is 9.59 Å². The molecule has 1 rings (SSSR count). The van der Waals surface area contributed by atoms with Crippen molar-refractivity contribution < 1.29 is 19.4 Å². The molecule has 0 aliphatic heterocycles. The van der Waals surface area contributed by atoms with E-state index in [9.17, 15) is 14.7 Å². The second-order valence-electron chi connectivity index (χ2n) is 12.4. The van der Waals surface area contributed by atoms with Gasteiger partial charge in [0, 0.05) is 31.8 Å². The molecule has 1 fully saturated rings. The first-order valence-corrected chi connectivity index (χ1v) is 15.4. The standard InChI is InChI=1S/C35H58O4/c1-9-25(2)14-11-10-12-15-26(3)20-28(5)34(37)24-35(38)30(7)22-29(6)33(36)19-18-27(4)21-31-16-13-17-32(23-31)39-8/h10-12,14-15,22,26-29,31-32,35,38H,9,13,16-21,23-24H2,1-8H3/b11-10+,15-12+,25-14+,30-22+/t26-,27+,28?,29-,31?,32?,35?/m1/s1. The third-order valence-electron chi connectivity index (χ3n) is 8.50. The van der Waals surface area contributed by atoms with Crippen LogP contribution in [0.4, 0.5) is 0 Å². The maximum absolute atomic E-state index is 12.8. The summed E-state index contributed by atoms with van der Waals surface area (Å²) < 4.78 is 5.56. The minimum atomic E-state index is -0.837. The molecule has 4 heteroatoms. The number of rotatable bonds is 18. The van der Waals surface area contributed by atoms with E-state index >= 15 is 0 Å². The number of hydrogen-bond donors (Lipinski definition) is 1. The predicted molar refractivity (Wildman–Crippen MR) is 165 cm³/mol. The lowest BCUT2D eigenvalue weighted by Crippen LogP contribution is -2.23. The molecule has 0 radical (unpaired) electrons. The van der Waals surface area contributed by atoms with Crippen molar-refractivity contribution in [1.29, 1.82) is 0 Å². The molecule has 1 aliphatic carbocycles. The van der Waals surface area contributed by atoms with Crippen LogP contribution in [0.2, 0.25) is 0 Å². The lowest BCUT2D eigenvalue weighted by Gasteiger charge is -2.30. The molecule has 1 aliphatic rings. The summed E-state index contributed by atoms with van der Waals surface area (Å²) in [5.41, 5.74) is 2.06. The molecule has 0 amide bonds. The molecule has 0 bridgehead atoms. The lowest BCUT2D eigenvalue weighted by molar-refractivity contribution is -0.124. The van der Waals surface area contributed by atoms with Crippen LogP contribution in [-0.4, -0.2) is 36.0 Å². The molecule has 39 heavy (non-hydrogen) atoms. The number of allylic oxidation sites excluding steroid dienone is 7. The summed E-state index contributed by atoms with van der Waals surface area (Å²) >= 11 is 0. The number of aliphatic hydroxyl groups excluding tert-OH is 1. The average molecular weight is 543 g/mol. The molecule has 1 saturated carbocycles. The summed E-state index contributed by atoms with van der Waals surface area (Å²) in [4.78, 5) is 25.6. The van der Waals surface area contributed by atoms with Gasteiger partial charge in [-0.1, -0.05) is 89.5 Å². The Labute approximate surface area is 240 Å². The van der Waals surface area contributed by atoms with Crippen LogP contribution >= 0.6 is 0 Å². The Kier molecular flexibility index (Phi) is 17.5. The zero-order valence-electron chi connectivity index (χ0n) is 26.2. The minimum absolute atomic E-state index is 0.0683. The Morgan fingerprint density at radius 1 is 1.03 bits per heavy atom. The van der Waals surface area contributed by atoms with E-state index in [1.165, 1.54) is 24.8 Å². The average Bonchev–Trinajstić information content (AvgIpc) is 2.90. The first-order chi connectivity index (χ1) is 18.5. The van der Waals surface area contributed by atoms with Gasteiger partial charge in [0.15, 0.2) is 0 Å². The number of Topliss-reactive ketones (excluding diaryl/α,β-unsaturated/α-hetero) is 2. The summed E-state index contributed by atoms with van der Waals surface area (Å²) in [6, 6.07) is 0. The SMILES string of the molecule is CC/C(C)=C/C=C/C=C/[C@@H](C)CC(C)C(=O)CC(O)/C(C)=C/[C@@H](C)C(=O)CC[C@H](C)CC1CCCC(OC)C1. The van der Waals surface area contributed by atoms with Crippen LogP contribution < -0.4 is 0 Å². The number of aliphatic hydroxyl groups is 1. The number of methoxy groups -OCH3 is 1. The van der Waals surface area contributed by atoms with E-state index in [1.807, 2.05) is 52.2 Å². The Bertz CT molecular complexity index is 849. The van der Waals surface area contributed by atoms with Gasteiger partial charge >= 0.3 is 0 Å². The fourth-order valence-corrected chi connectivity index (χ4v) is 5.55. The van der Waals surface area contributed by atoms with Crippen molar-refractivity contribution in [1.82, 2.24) is 0 Å². The highest BCUT2D eigenvalue weighted by Crippen LogP contribution is 2.32. The van der Waals surface area contributed by atoms with Gasteiger partial charge in [-0.05, 0) is 75.7 Å². The van der Waals surface area contributed by atoms with Gasteiger partial charge in [-0.15, -0.1) is 0 Å². The monoisotopic (exact) mass is 542 g/mol. The van der Waals surface area contributed by atoms with Gasteiger partial charge < -0.3 is 9.84 Å². The van der Waals surface area contributed by atoms with Gasteiger partial charge in [-0.2, -0.15) is 0 Å². The molecule has 0 saturated heterocycles. The fourth-order valence-electron chi connectivity index (χ4n) is 5.55. The van der Waals surface area contributed by atoms with Crippen molar-refractivity contribution in [2.75, 3.05) is 7.11 Å². The van der Waals surface area contributed by atoms with Gasteiger partial charge in [-0.25, -0.2) is 0 Å². The number of hydrogen-bond acceptors (Lipinski definition) is 4. The largest absolute Gasteiger partial charge is 0.388 e. The molecule has 0 spiro atoms. The quantitative estimate of drug-likeness (QED) is 0.139. The van der Waals surface area contributed by atoms with Gasteiger partial charge in [0.1, 0.15) is 11.6 Å². The first-order valence-electron chi connectivity index (χ1n) is 15.4. The number of ether oxygens (including phenoxy) is 1. The normalized spacial score (nSPS) is 23.1. The van der Waals surface area contributed by atoms with Crippen molar-refractivity contribution in [3.8, 4) is 0 Å². The van der Waals surface area contributed by atoms with Crippen molar-refractivity contribution in [3.63, 3.8) is 0 Å². The van der Waals surface area contributed by atoms with E-state index in [4.69, 9.17) is 4.74 Å². The van der Waals surface area contributed by atoms with E-state index in [1.54, 1.807) is 0 Å². The smallest absolute Gasteiger partial charge is 0.139 e. The van der Waals surface area contributed by atoms with E-state index in [-0.39, 0.29) is 35.7 Å². The van der Waals surface area contributed by atoms with E-state index < -0.39 is 6.10 Å². The lowest BCUT2D eigenvalue weighted by atomic mass is 9.80. The van der Waals surface area contributed by atoms with Crippen LogP contribution in [0.3, 0.4) is 0 Å². The van der Waals surface area contributed by atoms with Crippen LogP contribution in [0.1, 0.15) is 113 Å². The van der Waals surface area contributed by atoms with E-state index in [0.29, 0.717) is 29.9 Å². The molecular formula is C35H58O4. The Balaban J connectivity index is 2.45. The molecule has 4 nitrogen and oxygen atoms in total. The Hall–Kier alpha value is -1.78. The van der Waals surface area contributed by atoms with Gasteiger partial charge in [0.25, 0.3) is 0 Å². The second kappa shape index (κ2) is 19.3. The zero-order valence-corrected chi connectivity index (χ0v) is 26.2. The maximum atomic E-state index is 12.8. The topological polar surface area (TPSA) is 63.6 Å². The highest BCUT2D eigenvalue weighted by molar-refractivity contribution is 5.83. The molecule has 0 aromatic rings. The molecule has 4 unspecified atom stereocenters. The summed E-state index contributed by atoms with van der Waals surface area (Å²) in [5.74, 6) is 1.41. The molecule has 0 aromatic carbocycles. The highest BCUT2D eigenvalue weighted by atomic mass is 16.5. The summed E-state index contributed by atoms with van der Waals surface area (Å²) in [7, 11) is 1.81. The maximum Gasteiger partial charge on any atom is 0.139 e. The van der Waals surface area contributed by atoms with E-state index in [2.05, 4.69) is 39.8 Å². The Morgan fingerprint density at radius 3 is 2.41 bits per heavy atom. The molecule has 0 aromatic heterocycles. The zero-order chi connectivity index (χ0) is 29.4. The highest BCUT2D eigenvalue weighted by Gasteiger charge is 2.24. The number of carbonyl (C=O) groups excluding carboxylic acids is 2. The number of carbonyl (C=O) groups is 2. The second-order valence-corrected chi connectivity index (χ2v) is 12.4. The molecule has 222 valence electrons. The third-order valence-corrected chi connectivity index (χ3v) is 8.50. The Morgan fingerprint density at radius 2 is 1.74 bits per heavy atom. The van der Waals surface area contributed by atoms with Crippen LogP contribution in [-0.2, 0) is 14.3 Å². The van der Waals surface area contributed by atoms with Crippen molar-refractivity contribution in [2.45, 2.75) is 125 Å². The van der Waals surface area contributed by atoms with Crippen LogP contribution in [0.15, 0.2) is 47.6 Å². The fraction of sp³-hybridized carbons (Fsp3) is 0.714. The van der Waals surface area contributed by atoms with Crippen LogP contribution in [0.25, 0.3) is 0 Å². The van der Waals surface area contributed by atoms with Gasteiger partial charge in [0.05, 0.1) is 12.2 Å². The summed E-state index contributed by atoms with van der Waals surface area (Å²) in [5, 5.41) is 10.7. The minimum Gasteiger partial charge on any atom is -0.388 e. The predicted octanol–water partition coefficient (Wildman–Crippen LogP) is 8.60. The third kappa shape index (κ3) is 15.0. The molecule has 0 heterocycles. The summed E-state index contributed by atoms with van der Waals surface area (Å²) in [6.07, 6.45) is 21.1. The number of ketones is 2. The molecular weight excluding hydrogens is 484 g/mol. The van der Waals surface area contributed by atoms with E-state index in [0.717, 1.165) is 32.1 Å². The summed E-state index contributed by atoms with van der Waals surface area (Å²) in [6.45, 7) is 14.3. The molecule has 1 N–H and O–H groups in total. The van der Waals surface area contributed by atoms with Crippen molar-refractivity contribution in [3.05, 3.63) is 47.6 Å². The van der Waals surface area contributed by atoms with Crippen molar-refractivity contribution >= 4 is 11.6 Å². The van der Waals surface area contributed by atoms with Crippen LogP contribution in [0.5, 0.6) is 0 Å². The van der Waals surface area contributed by atoms with Gasteiger partial charge in [0.2, 0.25) is 0 Å². The molecule has 7 atom stereocenters.